The van der Waals surface area contributed by atoms with E-state index in [4.69, 9.17) is 28.3 Å². The molecule has 0 saturated carbocycles. The first-order valence-corrected chi connectivity index (χ1v) is 10.3. The van der Waals surface area contributed by atoms with Gasteiger partial charge in [-0.1, -0.05) is 47.5 Å². The van der Waals surface area contributed by atoms with Crippen LogP contribution >= 0.6 is 23.2 Å². The number of hydrogen-bond acceptors (Lipinski definition) is 4. The summed E-state index contributed by atoms with van der Waals surface area (Å²) >= 11 is 12.3. The maximum atomic E-state index is 12.2. The van der Waals surface area contributed by atoms with Gasteiger partial charge in [0.1, 0.15) is 10.8 Å². The van der Waals surface area contributed by atoms with Crippen molar-refractivity contribution in [3.63, 3.8) is 0 Å². The Morgan fingerprint density at radius 1 is 1.04 bits per heavy atom. The highest BCUT2D eigenvalue weighted by Gasteiger charge is 2.18. The van der Waals surface area contributed by atoms with Crippen LogP contribution in [-0.4, -0.2) is 36.1 Å². The number of aromatic nitrogens is 2. The van der Waals surface area contributed by atoms with E-state index in [9.17, 15) is 8.42 Å². The molecule has 2 aromatic carbocycles. The molecule has 1 aromatic heterocycles. The fraction of sp³-hybridized carbons (Fsp3) is 0.167. The van der Waals surface area contributed by atoms with E-state index in [0.29, 0.717) is 21.4 Å². The number of benzene rings is 2. The second-order valence-corrected chi connectivity index (χ2v) is 8.62. The number of sulfone groups is 1. The predicted octanol–water partition coefficient (Wildman–Crippen LogP) is 4.21. The number of hydrogen-bond donors (Lipinski definition) is 2. The lowest BCUT2D eigenvalue weighted by Crippen LogP contribution is -2.08. The maximum absolute atomic E-state index is 12.2. The van der Waals surface area contributed by atoms with Crippen molar-refractivity contribution in [2.75, 3.05) is 12.4 Å². The van der Waals surface area contributed by atoms with E-state index in [1.54, 1.807) is 24.3 Å². The molecule has 0 aliphatic carbocycles. The van der Waals surface area contributed by atoms with E-state index in [1.165, 1.54) is 12.1 Å². The molecule has 0 spiro atoms. The van der Waals surface area contributed by atoms with Crippen molar-refractivity contribution in [3.8, 4) is 22.4 Å². The normalized spacial score (nSPS) is 11.7. The topological polar surface area (TPSA) is 83.1 Å². The molecule has 0 bridgehead atoms. The monoisotopic (exact) mass is 410 g/mol. The van der Waals surface area contributed by atoms with Crippen molar-refractivity contribution in [3.05, 3.63) is 58.7 Å². The Hall–Kier alpha value is -1.86. The van der Waals surface area contributed by atoms with Gasteiger partial charge in [-0.15, -0.1) is 0 Å². The lowest BCUT2D eigenvalue weighted by molar-refractivity contribution is 0.295. The van der Waals surface area contributed by atoms with Gasteiger partial charge in [-0.3, -0.25) is 5.10 Å². The van der Waals surface area contributed by atoms with Crippen LogP contribution in [0.3, 0.4) is 0 Å². The zero-order chi connectivity index (χ0) is 18.7. The molecule has 0 fully saturated rings. The Balaban J connectivity index is 1.99. The van der Waals surface area contributed by atoms with E-state index in [-0.39, 0.29) is 23.7 Å². The zero-order valence-corrected chi connectivity index (χ0v) is 15.9. The van der Waals surface area contributed by atoms with Gasteiger partial charge in [0, 0.05) is 22.8 Å². The van der Waals surface area contributed by atoms with Crippen LogP contribution in [0.4, 0.5) is 0 Å². The third-order valence-corrected chi connectivity index (χ3v) is 6.22. The molecule has 3 aromatic rings. The van der Waals surface area contributed by atoms with Gasteiger partial charge < -0.3 is 5.11 Å². The third kappa shape index (κ3) is 3.94. The van der Waals surface area contributed by atoms with Crippen molar-refractivity contribution in [2.45, 2.75) is 11.3 Å². The van der Waals surface area contributed by atoms with Crippen LogP contribution in [0.5, 0.6) is 0 Å². The van der Waals surface area contributed by atoms with Gasteiger partial charge in [0.2, 0.25) is 0 Å². The van der Waals surface area contributed by atoms with Gasteiger partial charge in [-0.2, -0.15) is 5.10 Å². The van der Waals surface area contributed by atoms with E-state index in [0.717, 1.165) is 11.1 Å². The molecule has 0 atom stereocenters. The minimum Gasteiger partial charge on any atom is -0.396 e. The Morgan fingerprint density at radius 3 is 2.42 bits per heavy atom. The molecule has 0 unspecified atom stereocenters. The molecule has 2 N–H and O–H groups in total. The standard InChI is InChI=1S/C18H16Cl2N2O3S/c19-14-4-1-3-13(11-14)16-17(21-22-18(16)20)12-5-7-15(8-6-12)26(24,25)10-2-9-23/h1,3-8,11,23H,2,9-10H2,(H,21,22). The van der Waals surface area contributed by atoms with Crippen LogP contribution in [0.2, 0.25) is 10.2 Å². The largest absolute Gasteiger partial charge is 0.396 e. The predicted molar refractivity (Wildman–Crippen MR) is 103 cm³/mol. The summed E-state index contributed by atoms with van der Waals surface area (Å²) < 4.78 is 24.4. The minimum atomic E-state index is -3.42. The van der Waals surface area contributed by atoms with E-state index >= 15 is 0 Å². The number of aliphatic hydroxyl groups excluding tert-OH is 1. The molecular weight excluding hydrogens is 395 g/mol. The second kappa shape index (κ2) is 7.80. The molecular formula is C18H16Cl2N2O3S. The molecule has 8 heteroatoms. The third-order valence-electron chi connectivity index (χ3n) is 3.89. The SMILES string of the molecule is O=S(=O)(CCCO)c1ccc(-c2n[nH]c(Cl)c2-c2cccc(Cl)c2)cc1. The number of H-pyrrole nitrogens is 1. The van der Waals surface area contributed by atoms with Crippen LogP contribution in [-0.2, 0) is 9.84 Å². The van der Waals surface area contributed by atoms with Gasteiger partial charge in [-0.05, 0) is 36.2 Å². The van der Waals surface area contributed by atoms with Gasteiger partial charge in [0.15, 0.2) is 9.84 Å². The fourth-order valence-electron chi connectivity index (χ4n) is 2.63. The van der Waals surface area contributed by atoms with E-state index in [1.807, 2.05) is 12.1 Å². The highest BCUT2D eigenvalue weighted by molar-refractivity contribution is 7.91. The lowest BCUT2D eigenvalue weighted by Gasteiger charge is -2.07. The molecule has 0 amide bonds. The fourth-order valence-corrected chi connectivity index (χ4v) is 4.36. The number of aliphatic hydroxyl groups is 1. The summed E-state index contributed by atoms with van der Waals surface area (Å²) in [5.41, 5.74) is 2.84. The van der Waals surface area contributed by atoms with Crippen LogP contribution in [0.15, 0.2) is 53.4 Å². The molecule has 0 aliphatic rings. The molecule has 5 nitrogen and oxygen atoms in total. The van der Waals surface area contributed by atoms with Crippen LogP contribution < -0.4 is 0 Å². The number of nitrogens with zero attached hydrogens (tertiary/aromatic N) is 1. The lowest BCUT2D eigenvalue weighted by atomic mass is 10.0. The van der Waals surface area contributed by atoms with E-state index < -0.39 is 9.84 Å². The zero-order valence-electron chi connectivity index (χ0n) is 13.6. The summed E-state index contributed by atoms with van der Waals surface area (Å²) in [4.78, 5) is 0.209. The van der Waals surface area contributed by atoms with Crippen LogP contribution in [0.25, 0.3) is 22.4 Å². The summed E-state index contributed by atoms with van der Waals surface area (Å²) in [6.07, 6.45) is 0.206. The quantitative estimate of drug-likeness (QED) is 0.637. The van der Waals surface area contributed by atoms with Gasteiger partial charge in [0.25, 0.3) is 0 Å². The average molecular weight is 411 g/mol. The van der Waals surface area contributed by atoms with Crippen molar-refractivity contribution in [1.82, 2.24) is 10.2 Å². The minimum absolute atomic E-state index is 0.0924. The van der Waals surface area contributed by atoms with Crippen molar-refractivity contribution in [1.29, 1.82) is 0 Å². The van der Waals surface area contributed by atoms with Crippen molar-refractivity contribution >= 4 is 33.0 Å². The van der Waals surface area contributed by atoms with Crippen molar-refractivity contribution < 1.29 is 13.5 Å². The number of nitrogens with one attached hydrogen (secondary N) is 1. The highest BCUT2D eigenvalue weighted by Crippen LogP contribution is 2.36. The summed E-state index contributed by atoms with van der Waals surface area (Å²) in [5.74, 6) is -0.0924. The van der Waals surface area contributed by atoms with Gasteiger partial charge in [0.05, 0.1) is 10.6 Å². The average Bonchev–Trinajstić information content (AvgIpc) is 3.02. The Morgan fingerprint density at radius 2 is 1.77 bits per heavy atom. The van der Waals surface area contributed by atoms with Crippen molar-refractivity contribution in [2.24, 2.45) is 0 Å². The van der Waals surface area contributed by atoms with Gasteiger partial charge >= 0.3 is 0 Å². The molecule has 0 aliphatic heterocycles. The summed E-state index contributed by atoms with van der Waals surface area (Å²) in [6, 6.07) is 13.7. The Bertz CT molecular complexity index is 1020. The molecule has 3 rings (SSSR count). The molecule has 26 heavy (non-hydrogen) atoms. The highest BCUT2D eigenvalue weighted by atomic mass is 35.5. The molecule has 1 heterocycles. The molecule has 0 radical (unpaired) electrons. The first kappa shape index (κ1) is 18.9. The number of aromatic amines is 1. The van der Waals surface area contributed by atoms with Gasteiger partial charge in [-0.25, -0.2) is 8.42 Å². The maximum Gasteiger partial charge on any atom is 0.178 e. The molecule has 0 saturated heterocycles. The van der Waals surface area contributed by atoms with E-state index in [2.05, 4.69) is 10.2 Å². The summed E-state index contributed by atoms with van der Waals surface area (Å²) in [7, 11) is -3.42. The van der Waals surface area contributed by atoms with Crippen LogP contribution in [0.1, 0.15) is 6.42 Å². The molecule has 136 valence electrons. The first-order chi connectivity index (χ1) is 12.4. The summed E-state index contributed by atoms with van der Waals surface area (Å²) in [6.45, 7) is -0.161. The Labute approximate surface area is 161 Å². The smallest absolute Gasteiger partial charge is 0.178 e. The number of halogens is 2. The second-order valence-electron chi connectivity index (χ2n) is 5.69. The number of rotatable bonds is 6. The van der Waals surface area contributed by atoms with Crippen LogP contribution in [0, 0.1) is 0 Å². The summed E-state index contributed by atoms with van der Waals surface area (Å²) in [5, 5.41) is 16.8. The Kier molecular flexibility index (Phi) is 5.67. The first-order valence-electron chi connectivity index (χ1n) is 7.86.